The Kier molecular flexibility index (Phi) is 4.27. The molecule has 0 atom stereocenters. The molecule has 1 saturated heterocycles. The molecule has 1 aliphatic rings. The summed E-state index contributed by atoms with van der Waals surface area (Å²) in [6.07, 6.45) is 1.02. The molecule has 1 fully saturated rings. The summed E-state index contributed by atoms with van der Waals surface area (Å²) in [6, 6.07) is 6.79. The second-order valence-electron chi connectivity index (χ2n) is 4.46. The second kappa shape index (κ2) is 5.93. The summed E-state index contributed by atoms with van der Waals surface area (Å²) in [5.41, 5.74) is 0.681. The number of nitrogens with zero attached hydrogens (tertiary/aromatic N) is 2. The molecule has 1 aromatic rings. The predicted molar refractivity (Wildman–Crippen MR) is 72.5 cm³/mol. The van der Waals surface area contributed by atoms with E-state index in [2.05, 4.69) is 0 Å². The van der Waals surface area contributed by atoms with Gasteiger partial charge in [-0.1, -0.05) is 11.6 Å². The van der Waals surface area contributed by atoms with E-state index in [1.165, 1.54) is 0 Å². The standard InChI is InChI=1S/C13H15ClN2O3/c14-10-2-4-11(5-3-10)16(9-13(18)19)8-12(17)15-6-1-7-15/h2-5H,1,6-9H2,(H,18,19). The number of hydrogen-bond acceptors (Lipinski definition) is 3. The maximum atomic E-state index is 11.9. The predicted octanol–water partition coefficient (Wildman–Crippen LogP) is 1.46. The lowest BCUT2D eigenvalue weighted by molar-refractivity contribution is -0.135. The Balaban J connectivity index is 2.08. The Bertz CT molecular complexity index is 471. The molecule has 0 saturated carbocycles. The summed E-state index contributed by atoms with van der Waals surface area (Å²) in [4.78, 5) is 26.1. The van der Waals surface area contributed by atoms with Gasteiger partial charge in [-0.05, 0) is 30.7 Å². The first-order valence-electron chi connectivity index (χ1n) is 6.06. The van der Waals surface area contributed by atoms with Gasteiger partial charge in [0, 0.05) is 23.8 Å². The van der Waals surface area contributed by atoms with E-state index in [1.54, 1.807) is 34.1 Å². The zero-order valence-electron chi connectivity index (χ0n) is 10.4. The van der Waals surface area contributed by atoms with Gasteiger partial charge in [0.05, 0.1) is 6.54 Å². The van der Waals surface area contributed by atoms with E-state index >= 15 is 0 Å². The summed E-state index contributed by atoms with van der Waals surface area (Å²) in [5, 5.41) is 9.51. The molecular weight excluding hydrogens is 268 g/mol. The van der Waals surface area contributed by atoms with Crippen molar-refractivity contribution in [2.24, 2.45) is 0 Å². The highest BCUT2D eigenvalue weighted by Crippen LogP contribution is 2.18. The van der Waals surface area contributed by atoms with E-state index in [0.717, 1.165) is 19.5 Å². The van der Waals surface area contributed by atoms with Crippen LogP contribution in [0.5, 0.6) is 0 Å². The minimum Gasteiger partial charge on any atom is -0.480 e. The van der Waals surface area contributed by atoms with Crippen LogP contribution in [-0.2, 0) is 9.59 Å². The molecule has 0 spiro atoms. The Labute approximate surface area is 116 Å². The number of halogens is 1. The first kappa shape index (κ1) is 13.7. The van der Waals surface area contributed by atoms with E-state index in [0.29, 0.717) is 10.7 Å². The Morgan fingerprint density at radius 3 is 2.32 bits per heavy atom. The van der Waals surface area contributed by atoms with Crippen molar-refractivity contribution in [2.45, 2.75) is 6.42 Å². The van der Waals surface area contributed by atoms with Gasteiger partial charge in [0.25, 0.3) is 0 Å². The summed E-state index contributed by atoms with van der Waals surface area (Å²) in [7, 11) is 0. The number of rotatable bonds is 5. The smallest absolute Gasteiger partial charge is 0.323 e. The van der Waals surface area contributed by atoms with Gasteiger partial charge in [-0.3, -0.25) is 9.59 Å². The van der Waals surface area contributed by atoms with Crippen molar-refractivity contribution in [3.8, 4) is 0 Å². The maximum Gasteiger partial charge on any atom is 0.323 e. The molecule has 0 radical (unpaired) electrons. The van der Waals surface area contributed by atoms with Gasteiger partial charge in [-0.2, -0.15) is 0 Å². The topological polar surface area (TPSA) is 60.9 Å². The van der Waals surface area contributed by atoms with Crippen LogP contribution in [0.3, 0.4) is 0 Å². The summed E-state index contributed by atoms with van der Waals surface area (Å²) >= 11 is 5.80. The quantitative estimate of drug-likeness (QED) is 0.888. The highest BCUT2D eigenvalue weighted by Gasteiger charge is 2.23. The second-order valence-corrected chi connectivity index (χ2v) is 4.90. The van der Waals surface area contributed by atoms with Crippen molar-refractivity contribution in [1.82, 2.24) is 4.90 Å². The molecule has 6 heteroatoms. The molecule has 0 unspecified atom stereocenters. The van der Waals surface area contributed by atoms with E-state index in [4.69, 9.17) is 16.7 Å². The molecular formula is C13H15ClN2O3. The average molecular weight is 283 g/mol. The van der Waals surface area contributed by atoms with E-state index < -0.39 is 5.97 Å². The van der Waals surface area contributed by atoms with Crippen LogP contribution in [0, 0.1) is 0 Å². The molecule has 0 aliphatic carbocycles. The van der Waals surface area contributed by atoms with Crippen molar-refractivity contribution in [1.29, 1.82) is 0 Å². The first-order chi connectivity index (χ1) is 9.06. The first-order valence-corrected chi connectivity index (χ1v) is 6.44. The maximum absolute atomic E-state index is 11.9. The molecule has 2 rings (SSSR count). The van der Waals surface area contributed by atoms with Crippen molar-refractivity contribution in [3.05, 3.63) is 29.3 Å². The molecule has 1 aromatic carbocycles. The van der Waals surface area contributed by atoms with Crippen molar-refractivity contribution >= 4 is 29.2 Å². The molecule has 1 N–H and O–H groups in total. The molecule has 1 aliphatic heterocycles. The Morgan fingerprint density at radius 2 is 1.84 bits per heavy atom. The number of carboxylic acid groups (broad SMARTS) is 1. The van der Waals surface area contributed by atoms with Crippen LogP contribution in [0.25, 0.3) is 0 Å². The van der Waals surface area contributed by atoms with Crippen LogP contribution in [0.15, 0.2) is 24.3 Å². The fourth-order valence-electron chi connectivity index (χ4n) is 1.88. The number of likely N-dealkylation sites (tertiary alicyclic amines) is 1. The zero-order chi connectivity index (χ0) is 13.8. The number of aliphatic carboxylic acids is 1. The fraction of sp³-hybridized carbons (Fsp3) is 0.385. The van der Waals surface area contributed by atoms with Crippen LogP contribution < -0.4 is 4.90 Å². The molecule has 5 nitrogen and oxygen atoms in total. The van der Waals surface area contributed by atoms with Crippen LogP contribution in [0.1, 0.15) is 6.42 Å². The number of anilines is 1. The number of carbonyl (C=O) groups is 2. The van der Waals surface area contributed by atoms with Gasteiger partial charge in [-0.15, -0.1) is 0 Å². The molecule has 19 heavy (non-hydrogen) atoms. The van der Waals surface area contributed by atoms with Crippen LogP contribution in [0.2, 0.25) is 5.02 Å². The van der Waals surface area contributed by atoms with Crippen LogP contribution in [-0.4, -0.2) is 48.1 Å². The van der Waals surface area contributed by atoms with Gasteiger partial charge >= 0.3 is 5.97 Å². The van der Waals surface area contributed by atoms with Crippen molar-refractivity contribution in [3.63, 3.8) is 0 Å². The number of benzene rings is 1. The van der Waals surface area contributed by atoms with E-state index in [1.807, 2.05) is 0 Å². The molecule has 0 aromatic heterocycles. The molecule has 102 valence electrons. The van der Waals surface area contributed by atoms with Crippen molar-refractivity contribution in [2.75, 3.05) is 31.1 Å². The minimum atomic E-state index is -0.966. The van der Waals surface area contributed by atoms with Gasteiger partial charge in [-0.25, -0.2) is 0 Å². The SMILES string of the molecule is O=C(O)CN(CC(=O)N1CCC1)c1ccc(Cl)cc1. The van der Waals surface area contributed by atoms with E-state index in [-0.39, 0.29) is 19.0 Å². The molecule has 1 heterocycles. The van der Waals surface area contributed by atoms with Gasteiger partial charge in [0.2, 0.25) is 5.91 Å². The van der Waals surface area contributed by atoms with Gasteiger partial charge in [0.15, 0.2) is 0 Å². The summed E-state index contributed by atoms with van der Waals surface area (Å²) in [5.74, 6) is -1.01. The molecule has 1 amide bonds. The van der Waals surface area contributed by atoms with Crippen LogP contribution >= 0.6 is 11.6 Å². The summed E-state index contributed by atoms with van der Waals surface area (Å²) < 4.78 is 0. The normalized spacial score (nSPS) is 13.8. The van der Waals surface area contributed by atoms with Crippen molar-refractivity contribution < 1.29 is 14.7 Å². The Morgan fingerprint density at radius 1 is 1.21 bits per heavy atom. The third-order valence-electron chi connectivity index (χ3n) is 3.05. The highest BCUT2D eigenvalue weighted by atomic mass is 35.5. The lowest BCUT2D eigenvalue weighted by atomic mass is 10.2. The average Bonchev–Trinajstić information content (AvgIpc) is 2.26. The molecule has 0 bridgehead atoms. The number of amides is 1. The third-order valence-corrected chi connectivity index (χ3v) is 3.30. The van der Waals surface area contributed by atoms with Crippen LogP contribution in [0.4, 0.5) is 5.69 Å². The number of carboxylic acids is 1. The minimum absolute atomic E-state index is 0.0394. The summed E-state index contributed by atoms with van der Waals surface area (Å²) in [6.45, 7) is 1.40. The Hall–Kier alpha value is -1.75. The lowest BCUT2D eigenvalue weighted by Gasteiger charge is -2.33. The fourth-order valence-corrected chi connectivity index (χ4v) is 2.01. The number of carbonyl (C=O) groups excluding carboxylic acids is 1. The van der Waals surface area contributed by atoms with Gasteiger partial charge < -0.3 is 14.9 Å². The van der Waals surface area contributed by atoms with E-state index in [9.17, 15) is 9.59 Å². The van der Waals surface area contributed by atoms with Gasteiger partial charge in [0.1, 0.15) is 6.54 Å². The highest BCUT2D eigenvalue weighted by molar-refractivity contribution is 6.30. The number of hydrogen-bond donors (Lipinski definition) is 1. The monoisotopic (exact) mass is 282 g/mol. The largest absolute Gasteiger partial charge is 0.480 e. The lowest BCUT2D eigenvalue weighted by Crippen LogP contribution is -2.48. The third kappa shape index (κ3) is 3.61. The zero-order valence-corrected chi connectivity index (χ0v) is 11.1.